The Hall–Kier alpha value is -2.27. The van der Waals surface area contributed by atoms with E-state index in [1.807, 2.05) is 18.5 Å². The standard InChI is InChI=1S/C21H21NO7S2/c1-22-8-2-5-13(12-22)31-10-4-7-15(31)21(14-6-3-9-30-14)18(25)29-19-27-16(23)11-20(21,26)17(24)28-19/h3-4,6-7,9-10,19,26H,2,5,8,11-12H2,1H3. The fourth-order valence-electron chi connectivity index (χ4n) is 4.62. The summed E-state index contributed by atoms with van der Waals surface area (Å²) in [4.78, 5) is 43.6. The molecule has 0 spiro atoms. The topological polar surface area (TPSA) is 102 Å². The largest absolute Gasteiger partial charge is 0.412 e. The summed E-state index contributed by atoms with van der Waals surface area (Å²) in [6, 6.07) is 3.41. The summed E-state index contributed by atoms with van der Waals surface area (Å²) in [6.45, 7) is -0.0900. The highest BCUT2D eigenvalue weighted by Gasteiger charge is 2.71. The van der Waals surface area contributed by atoms with Crippen LogP contribution in [0.1, 0.15) is 24.1 Å². The number of esters is 3. The molecule has 1 aromatic rings. The Balaban J connectivity index is 1.78. The monoisotopic (exact) mass is 463 g/mol. The average molecular weight is 464 g/mol. The number of ether oxygens (including phenoxy) is 3. The van der Waals surface area contributed by atoms with Gasteiger partial charge in [0.1, 0.15) is 0 Å². The molecule has 3 saturated heterocycles. The summed E-state index contributed by atoms with van der Waals surface area (Å²) in [5, 5.41) is 15.6. The molecule has 1 N–H and O–H groups in total. The lowest BCUT2D eigenvalue weighted by Gasteiger charge is -2.42. The van der Waals surface area contributed by atoms with Gasteiger partial charge in [-0.2, -0.15) is 0 Å². The van der Waals surface area contributed by atoms with E-state index >= 15 is 0 Å². The van der Waals surface area contributed by atoms with Gasteiger partial charge >= 0.3 is 24.4 Å². The number of fused-ring (bicyclic) bond motifs is 3. The van der Waals surface area contributed by atoms with E-state index in [0.717, 1.165) is 25.9 Å². The zero-order valence-corrected chi connectivity index (χ0v) is 18.4. The molecule has 0 amide bonds. The maximum atomic E-state index is 13.7. The van der Waals surface area contributed by atoms with Gasteiger partial charge in [0, 0.05) is 16.3 Å². The lowest BCUT2D eigenvalue weighted by Crippen LogP contribution is -2.62. The van der Waals surface area contributed by atoms with Crippen LogP contribution >= 0.6 is 21.8 Å². The van der Waals surface area contributed by atoms with Gasteiger partial charge in [-0.1, -0.05) is 18.2 Å². The molecular weight excluding hydrogens is 442 g/mol. The maximum absolute atomic E-state index is 13.7. The van der Waals surface area contributed by atoms with Gasteiger partial charge in [0.25, 0.3) is 0 Å². The van der Waals surface area contributed by atoms with Crippen molar-refractivity contribution in [2.45, 2.75) is 36.8 Å². The van der Waals surface area contributed by atoms with Gasteiger partial charge in [-0.05, 0) is 48.2 Å². The maximum Gasteiger partial charge on any atom is 0.412 e. The fourth-order valence-corrected chi connectivity index (χ4v) is 8.21. The summed E-state index contributed by atoms with van der Waals surface area (Å²) in [7, 11) is 1.39. The van der Waals surface area contributed by atoms with Gasteiger partial charge in [0.2, 0.25) is 0 Å². The van der Waals surface area contributed by atoms with Crippen molar-refractivity contribution in [3.8, 4) is 0 Å². The number of likely N-dealkylation sites (tertiary alicyclic amines) is 1. The van der Waals surface area contributed by atoms with E-state index in [0.29, 0.717) is 9.78 Å². The number of aliphatic hydroxyl groups is 1. The smallest absolute Gasteiger partial charge is 0.390 e. The zero-order chi connectivity index (χ0) is 21.8. The molecule has 31 heavy (non-hydrogen) atoms. The molecule has 0 aliphatic carbocycles. The molecule has 4 aliphatic rings. The third-order valence-electron chi connectivity index (χ3n) is 6.01. The van der Waals surface area contributed by atoms with Crippen molar-refractivity contribution in [2.24, 2.45) is 0 Å². The van der Waals surface area contributed by atoms with Crippen molar-refractivity contribution in [3.05, 3.63) is 44.9 Å². The lowest BCUT2D eigenvalue weighted by atomic mass is 9.68. The van der Waals surface area contributed by atoms with Gasteiger partial charge in [-0.15, -0.1) is 21.8 Å². The number of allylic oxidation sites excluding steroid dienone is 2. The number of thiophene rings is 1. The predicted octanol–water partition coefficient (Wildman–Crippen LogP) is 1.63. The van der Waals surface area contributed by atoms with Crippen LogP contribution in [0.15, 0.2) is 40.0 Å². The molecule has 164 valence electrons. The Kier molecular flexibility index (Phi) is 4.93. The van der Waals surface area contributed by atoms with Crippen molar-refractivity contribution in [3.63, 3.8) is 0 Å². The zero-order valence-electron chi connectivity index (χ0n) is 16.7. The fraction of sp³-hybridized carbons (Fsp3) is 0.429. The van der Waals surface area contributed by atoms with Crippen LogP contribution in [0.25, 0.3) is 0 Å². The predicted molar refractivity (Wildman–Crippen MR) is 114 cm³/mol. The first-order chi connectivity index (χ1) is 14.9. The van der Waals surface area contributed by atoms with E-state index in [9.17, 15) is 19.5 Å². The molecule has 0 radical (unpaired) electrons. The molecule has 1 aromatic heterocycles. The molecule has 3 fully saturated rings. The summed E-state index contributed by atoms with van der Waals surface area (Å²) >= 11 is 1.22. The van der Waals surface area contributed by atoms with Crippen molar-refractivity contribution < 1.29 is 33.7 Å². The molecule has 2 bridgehead atoms. The van der Waals surface area contributed by atoms with E-state index < -0.39 is 52.3 Å². The minimum atomic E-state index is -2.50. The number of hydrogen-bond donors (Lipinski definition) is 1. The number of rotatable bonds is 2. The van der Waals surface area contributed by atoms with Crippen LogP contribution in [0.2, 0.25) is 0 Å². The second-order valence-electron chi connectivity index (χ2n) is 7.93. The minimum absolute atomic E-state index is 0.421. The molecule has 10 heteroatoms. The van der Waals surface area contributed by atoms with E-state index in [4.69, 9.17) is 14.2 Å². The average Bonchev–Trinajstić information content (AvgIpc) is 3.37. The van der Waals surface area contributed by atoms with E-state index in [2.05, 4.69) is 4.90 Å². The molecule has 5 rings (SSSR count). The molecule has 4 atom stereocenters. The van der Waals surface area contributed by atoms with Crippen LogP contribution in [0.4, 0.5) is 0 Å². The molecule has 0 saturated carbocycles. The van der Waals surface area contributed by atoms with Crippen LogP contribution in [0.3, 0.4) is 0 Å². The van der Waals surface area contributed by atoms with Crippen LogP contribution in [0.5, 0.6) is 0 Å². The highest BCUT2D eigenvalue weighted by Crippen LogP contribution is 2.57. The van der Waals surface area contributed by atoms with E-state index in [-0.39, 0.29) is 0 Å². The van der Waals surface area contributed by atoms with Gasteiger partial charge in [-0.25, -0.2) is 4.79 Å². The molecule has 0 aromatic carbocycles. The van der Waals surface area contributed by atoms with Crippen molar-refractivity contribution >= 4 is 44.6 Å². The van der Waals surface area contributed by atoms with Gasteiger partial charge in [0.15, 0.2) is 11.0 Å². The first kappa shape index (κ1) is 20.6. The van der Waals surface area contributed by atoms with Crippen LogP contribution in [-0.2, 0) is 34.0 Å². The first-order valence-corrected chi connectivity index (χ1v) is 12.1. The molecular formula is C21H21NO7S2. The molecule has 4 unspecified atom stereocenters. The second kappa shape index (κ2) is 7.40. The summed E-state index contributed by atoms with van der Waals surface area (Å²) in [5.41, 5.74) is -4.41. The quantitative estimate of drug-likeness (QED) is 0.522. The van der Waals surface area contributed by atoms with Crippen LogP contribution in [0, 0.1) is 0 Å². The van der Waals surface area contributed by atoms with Crippen molar-refractivity contribution in [1.82, 2.24) is 4.90 Å². The Labute approximate surface area is 185 Å². The third-order valence-corrected chi connectivity index (χ3v) is 9.30. The molecule has 5 heterocycles. The van der Waals surface area contributed by atoms with E-state index in [1.165, 1.54) is 16.2 Å². The summed E-state index contributed by atoms with van der Waals surface area (Å²) in [6.07, 6.45) is 4.74. The number of nitrogens with zero attached hydrogens (tertiary/aromatic N) is 1. The normalized spacial score (nSPS) is 37.0. The SMILES string of the molecule is CN1CCC/C(=S2/C=CC=C2C2(c3cccs3)C(=O)OC3OC(=O)CC2(O)C(=O)O3)C1. The number of hydrogen-bond acceptors (Lipinski definition) is 9. The number of carbonyl (C=O) groups excluding carboxylic acids is 3. The van der Waals surface area contributed by atoms with Gasteiger partial charge in [-0.3, -0.25) is 9.59 Å². The Morgan fingerprint density at radius 1 is 1.23 bits per heavy atom. The van der Waals surface area contributed by atoms with Gasteiger partial charge < -0.3 is 24.2 Å². The number of piperidine rings is 1. The Bertz CT molecular complexity index is 1060. The lowest BCUT2D eigenvalue weighted by molar-refractivity contribution is -0.251. The van der Waals surface area contributed by atoms with E-state index in [1.54, 1.807) is 23.6 Å². The van der Waals surface area contributed by atoms with Crippen molar-refractivity contribution in [2.75, 3.05) is 20.1 Å². The first-order valence-electron chi connectivity index (χ1n) is 9.89. The van der Waals surface area contributed by atoms with Crippen LogP contribution in [-0.4, -0.2) is 65.0 Å². The highest BCUT2D eigenvalue weighted by atomic mass is 32.2. The second-order valence-corrected chi connectivity index (χ2v) is 10.8. The molecule has 8 nitrogen and oxygen atoms in total. The molecule has 4 aliphatic heterocycles. The van der Waals surface area contributed by atoms with Crippen molar-refractivity contribution in [1.29, 1.82) is 0 Å². The third kappa shape index (κ3) is 2.96. The Morgan fingerprint density at radius 2 is 2.03 bits per heavy atom. The van der Waals surface area contributed by atoms with Gasteiger partial charge in [0.05, 0.1) is 6.42 Å². The highest BCUT2D eigenvalue weighted by molar-refractivity contribution is 8.22. The van der Waals surface area contributed by atoms with Crippen LogP contribution < -0.4 is 0 Å². The number of carbonyl (C=O) groups is 3. The minimum Gasteiger partial charge on any atom is -0.390 e. The summed E-state index contributed by atoms with van der Waals surface area (Å²) in [5.74, 6) is -2.84. The summed E-state index contributed by atoms with van der Waals surface area (Å²) < 4.78 is 15.3. The Morgan fingerprint density at radius 3 is 2.77 bits per heavy atom.